The van der Waals surface area contributed by atoms with Crippen LogP contribution in [-0.2, 0) is 0 Å². The van der Waals surface area contributed by atoms with Crippen LogP contribution < -0.4 is 15.0 Å². The van der Waals surface area contributed by atoms with E-state index < -0.39 is 0 Å². The van der Waals surface area contributed by atoms with E-state index >= 15 is 0 Å². The summed E-state index contributed by atoms with van der Waals surface area (Å²) in [6, 6.07) is 4.94. The first-order valence-electron chi connectivity index (χ1n) is 8.25. The van der Waals surface area contributed by atoms with Gasteiger partial charge in [0.25, 0.3) is 0 Å². The summed E-state index contributed by atoms with van der Waals surface area (Å²) >= 11 is 0. The van der Waals surface area contributed by atoms with Crippen LogP contribution in [0, 0.1) is 5.82 Å². The fraction of sp³-hybridized carbons (Fsp3) is 0.647. The van der Waals surface area contributed by atoms with Crippen molar-refractivity contribution in [3.63, 3.8) is 0 Å². The molecule has 0 spiro atoms. The monoisotopic (exact) mass is 292 g/mol. The molecule has 1 aromatic rings. The van der Waals surface area contributed by atoms with Crippen molar-refractivity contribution >= 4 is 5.69 Å². The number of nitrogens with zero attached hydrogens (tertiary/aromatic N) is 1. The molecule has 0 unspecified atom stereocenters. The second-order valence-electron chi connectivity index (χ2n) is 6.08. The summed E-state index contributed by atoms with van der Waals surface area (Å²) in [4.78, 5) is 2.23. The number of benzene rings is 1. The Morgan fingerprint density at radius 3 is 2.48 bits per heavy atom. The van der Waals surface area contributed by atoms with Crippen molar-refractivity contribution < 1.29 is 9.13 Å². The minimum absolute atomic E-state index is 0.184. The number of ether oxygens (including phenoxy) is 1. The third-order valence-electron chi connectivity index (χ3n) is 4.47. The van der Waals surface area contributed by atoms with Crippen molar-refractivity contribution in [2.45, 2.75) is 44.6 Å². The van der Waals surface area contributed by atoms with Gasteiger partial charge in [0, 0.05) is 32.2 Å². The lowest BCUT2D eigenvalue weighted by Gasteiger charge is -2.31. The molecule has 2 fully saturated rings. The minimum atomic E-state index is -0.184. The lowest BCUT2D eigenvalue weighted by molar-refractivity contribution is 0.184. The van der Waals surface area contributed by atoms with Crippen molar-refractivity contribution in [1.82, 2.24) is 5.32 Å². The lowest BCUT2D eigenvalue weighted by Crippen LogP contribution is -2.43. The lowest BCUT2D eigenvalue weighted by atomic mass is 10.1. The molecule has 21 heavy (non-hydrogen) atoms. The maximum Gasteiger partial charge on any atom is 0.143 e. The van der Waals surface area contributed by atoms with Gasteiger partial charge in [-0.1, -0.05) is 12.8 Å². The number of hydrogen-bond acceptors (Lipinski definition) is 3. The van der Waals surface area contributed by atoms with Crippen molar-refractivity contribution in [1.29, 1.82) is 0 Å². The van der Waals surface area contributed by atoms with Crippen LogP contribution >= 0.6 is 0 Å². The number of halogens is 1. The van der Waals surface area contributed by atoms with E-state index in [1.807, 2.05) is 0 Å². The number of rotatable bonds is 3. The van der Waals surface area contributed by atoms with Crippen LogP contribution in [0.2, 0.25) is 0 Å². The van der Waals surface area contributed by atoms with E-state index in [0.717, 1.165) is 50.5 Å². The molecule has 2 aliphatic rings. The average molecular weight is 292 g/mol. The molecule has 116 valence electrons. The molecule has 1 heterocycles. The number of anilines is 1. The predicted molar refractivity (Wildman–Crippen MR) is 83.6 cm³/mol. The predicted octanol–water partition coefficient (Wildman–Crippen LogP) is 3.34. The maximum absolute atomic E-state index is 13.6. The van der Waals surface area contributed by atoms with Crippen LogP contribution in [0.5, 0.6) is 5.75 Å². The largest absolute Gasteiger partial charge is 0.488 e. The van der Waals surface area contributed by atoms with Crippen molar-refractivity contribution in [3.05, 3.63) is 24.0 Å². The van der Waals surface area contributed by atoms with E-state index in [2.05, 4.69) is 10.2 Å². The van der Waals surface area contributed by atoms with E-state index in [4.69, 9.17) is 4.74 Å². The second-order valence-corrected chi connectivity index (χ2v) is 6.08. The molecule has 0 aromatic heterocycles. The second kappa shape index (κ2) is 7.12. The summed E-state index contributed by atoms with van der Waals surface area (Å²) in [7, 11) is 0. The van der Waals surface area contributed by atoms with Crippen LogP contribution in [0.4, 0.5) is 10.1 Å². The Hall–Kier alpha value is -1.29. The molecule has 1 aromatic carbocycles. The number of piperazine rings is 1. The molecule has 1 saturated heterocycles. The van der Waals surface area contributed by atoms with E-state index in [9.17, 15) is 4.39 Å². The summed E-state index contributed by atoms with van der Waals surface area (Å²) in [6.45, 7) is 3.70. The standard InChI is InChI=1S/C17H25FN2O/c18-14-7-8-17(21-15-5-3-1-2-4-6-15)16(13-14)20-11-9-19-10-12-20/h7-8,13,15,19H,1-6,9-12H2. The van der Waals surface area contributed by atoms with Crippen molar-refractivity contribution in [2.75, 3.05) is 31.1 Å². The van der Waals surface area contributed by atoms with Gasteiger partial charge in [0.15, 0.2) is 0 Å². The normalized spacial score (nSPS) is 21.1. The molecular formula is C17H25FN2O. The SMILES string of the molecule is Fc1ccc(OC2CCCCCC2)c(N2CCNCC2)c1. The highest BCUT2D eigenvalue weighted by Gasteiger charge is 2.19. The van der Waals surface area contributed by atoms with Crippen molar-refractivity contribution in [3.8, 4) is 5.75 Å². The summed E-state index contributed by atoms with van der Waals surface area (Å²) in [5.41, 5.74) is 0.917. The third kappa shape index (κ3) is 3.88. The Bertz CT molecular complexity index is 452. The summed E-state index contributed by atoms with van der Waals surface area (Å²) in [6.07, 6.45) is 7.65. The Balaban J connectivity index is 1.76. The molecule has 3 nitrogen and oxygen atoms in total. The van der Waals surface area contributed by atoms with Gasteiger partial charge in [0.05, 0.1) is 11.8 Å². The van der Waals surface area contributed by atoms with Gasteiger partial charge >= 0.3 is 0 Å². The Labute approximate surface area is 126 Å². The highest BCUT2D eigenvalue weighted by Crippen LogP contribution is 2.32. The first kappa shape index (κ1) is 14.6. The molecule has 1 aliphatic heterocycles. The topological polar surface area (TPSA) is 24.5 Å². The zero-order valence-electron chi connectivity index (χ0n) is 12.6. The summed E-state index contributed by atoms with van der Waals surface area (Å²) in [5, 5.41) is 3.33. The summed E-state index contributed by atoms with van der Waals surface area (Å²) in [5.74, 6) is 0.668. The Morgan fingerprint density at radius 1 is 1.05 bits per heavy atom. The number of nitrogens with one attached hydrogen (secondary N) is 1. The fourth-order valence-corrected chi connectivity index (χ4v) is 3.28. The van der Waals surface area contributed by atoms with Gasteiger partial charge in [-0.2, -0.15) is 0 Å². The highest BCUT2D eigenvalue weighted by atomic mass is 19.1. The first-order chi connectivity index (χ1) is 10.3. The molecule has 1 N–H and O–H groups in total. The van der Waals surface area contributed by atoms with E-state index in [-0.39, 0.29) is 5.82 Å². The van der Waals surface area contributed by atoms with E-state index in [1.54, 1.807) is 12.1 Å². The van der Waals surface area contributed by atoms with Crippen LogP contribution in [0.25, 0.3) is 0 Å². The van der Waals surface area contributed by atoms with Crippen molar-refractivity contribution in [2.24, 2.45) is 0 Å². The number of hydrogen-bond donors (Lipinski definition) is 1. The fourth-order valence-electron chi connectivity index (χ4n) is 3.28. The third-order valence-corrected chi connectivity index (χ3v) is 4.47. The van der Waals surface area contributed by atoms with E-state index in [1.165, 1.54) is 31.7 Å². The van der Waals surface area contributed by atoms with Crippen LogP contribution in [0.15, 0.2) is 18.2 Å². The smallest absolute Gasteiger partial charge is 0.143 e. The zero-order chi connectivity index (χ0) is 14.5. The van der Waals surface area contributed by atoms with Gasteiger partial charge in [-0.25, -0.2) is 4.39 Å². The van der Waals surface area contributed by atoms with Gasteiger partial charge in [-0.05, 0) is 37.8 Å². The molecular weight excluding hydrogens is 267 g/mol. The van der Waals surface area contributed by atoms with Gasteiger partial charge < -0.3 is 15.0 Å². The minimum Gasteiger partial charge on any atom is -0.488 e. The molecule has 4 heteroatoms. The first-order valence-corrected chi connectivity index (χ1v) is 8.25. The van der Waals surface area contributed by atoms with Gasteiger partial charge in [0.2, 0.25) is 0 Å². The molecule has 0 atom stereocenters. The molecule has 0 amide bonds. The maximum atomic E-state index is 13.6. The zero-order valence-corrected chi connectivity index (χ0v) is 12.6. The van der Waals surface area contributed by atoms with Gasteiger partial charge in [-0.3, -0.25) is 0 Å². The Morgan fingerprint density at radius 2 is 1.76 bits per heavy atom. The molecule has 0 bridgehead atoms. The van der Waals surface area contributed by atoms with Crippen LogP contribution in [0.3, 0.4) is 0 Å². The Kier molecular flexibility index (Phi) is 4.96. The molecule has 0 radical (unpaired) electrons. The average Bonchev–Trinajstić information content (AvgIpc) is 2.79. The molecule has 1 saturated carbocycles. The van der Waals surface area contributed by atoms with Crippen LogP contribution in [0.1, 0.15) is 38.5 Å². The summed E-state index contributed by atoms with van der Waals surface area (Å²) < 4.78 is 19.9. The van der Waals surface area contributed by atoms with Gasteiger partial charge in [-0.15, -0.1) is 0 Å². The molecule has 1 aliphatic carbocycles. The highest BCUT2D eigenvalue weighted by molar-refractivity contribution is 5.59. The quantitative estimate of drug-likeness (QED) is 0.865. The van der Waals surface area contributed by atoms with Gasteiger partial charge in [0.1, 0.15) is 11.6 Å². The van der Waals surface area contributed by atoms with Crippen LogP contribution in [-0.4, -0.2) is 32.3 Å². The molecule has 3 rings (SSSR count). The van der Waals surface area contributed by atoms with E-state index in [0.29, 0.717) is 6.10 Å².